The first-order chi connectivity index (χ1) is 13.0. The van der Waals surface area contributed by atoms with Gasteiger partial charge in [-0.3, -0.25) is 4.79 Å². The van der Waals surface area contributed by atoms with E-state index in [0.29, 0.717) is 18.1 Å². The number of benzene rings is 1. The molecule has 3 rings (SSSR count). The number of thiophene rings is 1. The first-order valence-corrected chi connectivity index (χ1v) is 9.71. The minimum atomic E-state index is -0.559. The van der Waals surface area contributed by atoms with Crippen LogP contribution in [0.1, 0.15) is 30.4 Å². The number of aryl methyl sites for hydroxylation is 2. The lowest BCUT2D eigenvalue weighted by Crippen LogP contribution is -2.39. The van der Waals surface area contributed by atoms with E-state index >= 15 is 0 Å². The number of hydrogen-bond donors (Lipinski definition) is 0. The first-order valence-electron chi connectivity index (χ1n) is 8.83. The van der Waals surface area contributed by atoms with Crippen molar-refractivity contribution in [3.8, 4) is 16.5 Å². The Kier molecular flexibility index (Phi) is 5.91. The van der Waals surface area contributed by atoms with E-state index < -0.39 is 6.10 Å². The van der Waals surface area contributed by atoms with Gasteiger partial charge < -0.3 is 14.2 Å². The Morgan fingerprint density at radius 3 is 2.81 bits per heavy atom. The Balaban J connectivity index is 1.66. The molecule has 7 heteroatoms. The van der Waals surface area contributed by atoms with Crippen molar-refractivity contribution < 1.29 is 14.1 Å². The molecule has 6 nitrogen and oxygen atoms in total. The summed E-state index contributed by atoms with van der Waals surface area (Å²) in [4.78, 5) is 19.7. The molecule has 0 saturated heterocycles. The minimum Gasteiger partial charge on any atom is -0.480 e. The Labute approximate surface area is 162 Å². The third-order valence-electron chi connectivity index (χ3n) is 4.20. The Hall–Kier alpha value is -2.67. The second kappa shape index (κ2) is 8.35. The number of amides is 1. The van der Waals surface area contributed by atoms with Crippen LogP contribution < -0.4 is 4.74 Å². The predicted octanol–water partition coefficient (Wildman–Crippen LogP) is 4.23. The van der Waals surface area contributed by atoms with Crippen molar-refractivity contribution >= 4 is 17.2 Å². The number of likely N-dealkylation sites (N-methyl/N-ethyl adjacent to an activating group) is 1. The maximum absolute atomic E-state index is 12.8. The summed E-state index contributed by atoms with van der Waals surface area (Å²) >= 11 is 1.54. The fourth-order valence-electron chi connectivity index (χ4n) is 2.74. The smallest absolute Gasteiger partial charge is 0.263 e. The van der Waals surface area contributed by atoms with Crippen molar-refractivity contribution in [1.29, 1.82) is 0 Å². The Bertz CT molecular complexity index is 905. The topological polar surface area (TPSA) is 68.5 Å². The number of aromatic nitrogens is 2. The molecule has 1 amide bonds. The van der Waals surface area contributed by atoms with E-state index in [1.54, 1.807) is 23.3 Å². The van der Waals surface area contributed by atoms with Gasteiger partial charge in [0.25, 0.3) is 5.91 Å². The van der Waals surface area contributed by atoms with Gasteiger partial charge in [0.15, 0.2) is 6.10 Å². The summed E-state index contributed by atoms with van der Waals surface area (Å²) in [5.74, 6) is 1.55. The highest BCUT2D eigenvalue weighted by molar-refractivity contribution is 7.13. The summed E-state index contributed by atoms with van der Waals surface area (Å²) < 4.78 is 11.3. The van der Waals surface area contributed by atoms with Crippen LogP contribution in [0.4, 0.5) is 0 Å². The number of hydrogen-bond acceptors (Lipinski definition) is 6. The normalized spacial score (nSPS) is 12.0. The van der Waals surface area contributed by atoms with E-state index in [0.717, 1.165) is 21.8 Å². The molecule has 1 aromatic carbocycles. The van der Waals surface area contributed by atoms with E-state index in [-0.39, 0.29) is 12.5 Å². The fraction of sp³-hybridized carbons (Fsp3) is 0.350. The zero-order valence-electron chi connectivity index (χ0n) is 15.9. The average molecular weight is 385 g/mol. The van der Waals surface area contributed by atoms with Crippen LogP contribution in [0, 0.1) is 13.8 Å². The van der Waals surface area contributed by atoms with Crippen LogP contribution >= 0.6 is 11.3 Å². The van der Waals surface area contributed by atoms with Gasteiger partial charge >= 0.3 is 0 Å². The molecule has 142 valence electrons. The van der Waals surface area contributed by atoms with Crippen molar-refractivity contribution in [3.63, 3.8) is 0 Å². The number of ether oxygens (including phenoxy) is 1. The van der Waals surface area contributed by atoms with Gasteiger partial charge in [-0.2, -0.15) is 4.98 Å². The van der Waals surface area contributed by atoms with Gasteiger partial charge in [-0.1, -0.05) is 35.8 Å². The molecule has 0 N–H and O–H groups in total. The van der Waals surface area contributed by atoms with E-state index in [1.807, 2.05) is 56.5 Å². The molecule has 3 aromatic rings. The van der Waals surface area contributed by atoms with Crippen LogP contribution in [0.25, 0.3) is 10.7 Å². The van der Waals surface area contributed by atoms with Crippen LogP contribution in [0.3, 0.4) is 0 Å². The molecule has 0 bridgehead atoms. The molecule has 2 aromatic heterocycles. The van der Waals surface area contributed by atoms with Gasteiger partial charge in [-0.05, 0) is 43.3 Å². The summed E-state index contributed by atoms with van der Waals surface area (Å²) in [6, 6.07) is 9.79. The van der Waals surface area contributed by atoms with E-state index in [9.17, 15) is 4.79 Å². The molecule has 0 spiro atoms. The lowest BCUT2D eigenvalue weighted by atomic mass is 10.1. The fourth-order valence-corrected chi connectivity index (χ4v) is 3.39. The van der Waals surface area contributed by atoms with Crippen molar-refractivity contribution in [2.75, 3.05) is 7.05 Å². The SMILES string of the molecule is CC[C@H](Oc1ccc(C)cc1C)C(=O)N(C)Cc1nc(-c2cccs2)no1. The van der Waals surface area contributed by atoms with Crippen molar-refractivity contribution in [1.82, 2.24) is 15.0 Å². The summed E-state index contributed by atoms with van der Waals surface area (Å²) in [5, 5.41) is 5.93. The number of carbonyl (C=O) groups excluding carboxylic acids is 1. The first kappa shape index (κ1) is 19.1. The van der Waals surface area contributed by atoms with Gasteiger partial charge in [0.2, 0.25) is 11.7 Å². The van der Waals surface area contributed by atoms with E-state index in [2.05, 4.69) is 10.1 Å². The molecular formula is C20H23N3O3S. The maximum atomic E-state index is 12.8. The van der Waals surface area contributed by atoms with E-state index in [4.69, 9.17) is 9.26 Å². The molecule has 0 aliphatic rings. The second-order valence-corrected chi connectivity index (χ2v) is 7.41. The van der Waals surface area contributed by atoms with Gasteiger partial charge in [0, 0.05) is 7.05 Å². The molecule has 0 saturated carbocycles. The second-order valence-electron chi connectivity index (χ2n) is 6.47. The van der Waals surface area contributed by atoms with Crippen LogP contribution in [0.15, 0.2) is 40.2 Å². The third-order valence-corrected chi connectivity index (χ3v) is 5.07. The highest BCUT2D eigenvalue weighted by atomic mass is 32.1. The van der Waals surface area contributed by atoms with Crippen LogP contribution in [-0.4, -0.2) is 34.1 Å². The largest absolute Gasteiger partial charge is 0.480 e. The summed E-state index contributed by atoms with van der Waals surface area (Å²) in [5.41, 5.74) is 2.18. The molecule has 0 fully saturated rings. The molecule has 27 heavy (non-hydrogen) atoms. The molecule has 0 radical (unpaired) electrons. The lowest BCUT2D eigenvalue weighted by Gasteiger charge is -2.23. The molecule has 0 aliphatic heterocycles. The highest BCUT2D eigenvalue weighted by Crippen LogP contribution is 2.23. The monoisotopic (exact) mass is 385 g/mol. The zero-order valence-corrected chi connectivity index (χ0v) is 16.7. The summed E-state index contributed by atoms with van der Waals surface area (Å²) in [6.45, 7) is 6.18. The van der Waals surface area contributed by atoms with E-state index in [1.165, 1.54) is 0 Å². The zero-order chi connectivity index (χ0) is 19.4. The Morgan fingerprint density at radius 1 is 1.33 bits per heavy atom. The van der Waals surface area contributed by atoms with Crippen molar-refractivity contribution in [2.24, 2.45) is 0 Å². The number of carbonyl (C=O) groups is 1. The number of nitrogens with zero attached hydrogens (tertiary/aromatic N) is 3. The van der Waals surface area contributed by atoms with Crippen LogP contribution in [-0.2, 0) is 11.3 Å². The van der Waals surface area contributed by atoms with Gasteiger partial charge in [0.1, 0.15) is 5.75 Å². The predicted molar refractivity (Wildman–Crippen MR) is 105 cm³/mol. The number of rotatable bonds is 7. The van der Waals surface area contributed by atoms with Gasteiger partial charge in [-0.15, -0.1) is 11.3 Å². The molecular weight excluding hydrogens is 362 g/mol. The molecule has 0 aliphatic carbocycles. The van der Waals surface area contributed by atoms with Crippen molar-refractivity contribution in [3.05, 3.63) is 52.7 Å². The van der Waals surface area contributed by atoms with Gasteiger partial charge in [0.05, 0.1) is 11.4 Å². The highest BCUT2D eigenvalue weighted by Gasteiger charge is 2.24. The van der Waals surface area contributed by atoms with Crippen LogP contribution in [0.5, 0.6) is 5.75 Å². The third kappa shape index (κ3) is 4.54. The Morgan fingerprint density at radius 2 is 2.15 bits per heavy atom. The lowest BCUT2D eigenvalue weighted by molar-refractivity contribution is -0.138. The molecule has 0 unspecified atom stereocenters. The standard InChI is InChI=1S/C20H23N3O3S/c1-5-15(25-16-9-8-13(2)11-14(16)3)20(24)23(4)12-18-21-19(22-26-18)17-7-6-10-27-17/h6-11,15H,5,12H2,1-4H3/t15-/m0/s1. The molecule has 1 atom stereocenters. The van der Waals surface area contributed by atoms with Crippen LogP contribution in [0.2, 0.25) is 0 Å². The van der Waals surface area contributed by atoms with Gasteiger partial charge in [-0.25, -0.2) is 0 Å². The average Bonchev–Trinajstić information content (AvgIpc) is 3.32. The quantitative estimate of drug-likeness (QED) is 0.609. The minimum absolute atomic E-state index is 0.117. The maximum Gasteiger partial charge on any atom is 0.263 e. The summed E-state index contributed by atoms with van der Waals surface area (Å²) in [7, 11) is 1.71. The van der Waals surface area contributed by atoms with Crippen molar-refractivity contribution in [2.45, 2.75) is 39.8 Å². The summed E-state index contributed by atoms with van der Waals surface area (Å²) in [6.07, 6.45) is 0.0110. The molecule has 2 heterocycles.